The minimum atomic E-state index is -4.44. The molecule has 1 atom stereocenters. The summed E-state index contributed by atoms with van der Waals surface area (Å²) in [7, 11) is 0. The summed E-state index contributed by atoms with van der Waals surface area (Å²) in [6.07, 6.45) is -3.47. The van der Waals surface area contributed by atoms with Crippen molar-refractivity contribution in [3.8, 4) is 0 Å². The first-order valence-corrected chi connectivity index (χ1v) is 10.8. The van der Waals surface area contributed by atoms with Crippen molar-refractivity contribution in [2.24, 2.45) is 0 Å². The van der Waals surface area contributed by atoms with Crippen molar-refractivity contribution in [1.29, 1.82) is 0 Å². The van der Waals surface area contributed by atoms with E-state index < -0.39 is 23.4 Å². The molecular formula is C23H23ClF3N3O2. The highest BCUT2D eigenvalue weighted by Crippen LogP contribution is 2.35. The largest absolute Gasteiger partial charge is 0.416 e. The van der Waals surface area contributed by atoms with E-state index in [-0.39, 0.29) is 18.4 Å². The van der Waals surface area contributed by atoms with Crippen LogP contribution in [0.3, 0.4) is 0 Å². The zero-order chi connectivity index (χ0) is 23.1. The number of halogens is 4. The lowest BCUT2D eigenvalue weighted by Crippen LogP contribution is -2.59. The minimum absolute atomic E-state index is 0.0746. The van der Waals surface area contributed by atoms with Gasteiger partial charge in [-0.15, -0.1) is 0 Å². The van der Waals surface area contributed by atoms with E-state index in [4.69, 9.17) is 11.6 Å². The molecule has 0 saturated carbocycles. The lowest BCUT2D eigenvalue weighted by atomic mass is 9.94. The van der Waals surface area contributed by atoms with E-state index in [2.05, 4.69) is 5.32 Å². The average molecular weight is 466 g/mol. The van der Waals surface area contributed by atoms with Crippen molar-refractivity contribution < 1.29 is 22.8 Å². The molecular weight excluding hydrogens is 443 g/mol. The molecule has 5 nitrogen and oxygen atoms in total. The third-order valence-electron chi connectivity index (χ3n) is 6.20. The summed E-state index contributed by atoms with van der Waals surface area (Å²) < 4.78 is 39.3. The predicted octanol–water partition coefficient (Wildman–Crippen LogP) is 4.31. The van der Waals surface area contributed by atoms with E-state index in [0.29, 0.717) is 42.1 Å². The van der Waals surface area contributed by atoms with E-state index in [0.717, 1.165) is 12.1 Å². The van der Waals surface area contributed by atoms with E-state index >= 15 is 0 Å². The van der Waals surface area contributed by atoms with Crippen LogP contribution in [-0.2, 0) is 17.5 Å². The molecule has 0 aliphatic carbocycles. The van der Waals surface area contributed by atoms with E-state index in [1.54, 1.807) is 47.1 Å². The quantitative estimate of drug-likeness (QED) is 0.735. The Morgan fingerprint density at radius 2 is 1.81 bits per heavy atom. The number of carbonyl (C=O) groups is 2. The summed E-state index contributed by atoms with van der Waals surface area (Å²) in [5.74, 6) is -0.266. The van der Waals surface area contributed by atoms with Gasteiger partial charge < -0.3 is 9.80 Å². The van der Waals surface area contributed by atoms with Crippen molar-refractivity contribution in [3.05, 3.63) is 70.2 Å². The van der Waals surface area contributed by atoms with Crippen LogP contribution in [0.4, 0.5) is 13.2 Å². The molecule has 2 aromatic carbocycles. The predicted molar refractivity (Wildman–Crippen MR) is 114 cm³/mol. The van der Waals surface area contributed by atoms with Crippen LogP contribution in [-0.4, -0.2) is 46.4 Å². The van der Waals surface area contributed by atoms with Crippen LogP contribution in [0.2, 0.25) is 5.02 Å². The van der Waals surface area contributed by atoms with Crippen molar-refractivity contribution >= 4 is 23.4 Å². The zero-order valence-corrected chi connectivity index (χ0v) is 18.2. The lowest BCUT2D eigenvalue weighted by Gasteiger charge is -2.44. The maximum atomic E-state index is 13.1. The fraction of sp³-hybridized carbons (Fsp3) is 0.391. The number of alkyl halides is 3. The molecule has 2 aliphatic rings. The van der Waals surface area contributed by atoms with Crippen LogP contribution >= 0.6 is 11.6 Å². The van der Waals surface area contributed by atoms with Crippen molar-refractivity contribution in [2.75, 3.05) is 13.1 Å². The number of carbonyl (C=O) groups excluding carboxylic acids is 2. The van der Waals surface area contributed by atoms with E-state index in [9.17, 15) is 22.8 Å². The number of hydrogen-bond donors (Lipinski definition) is 1. The first-order valence-electron chi connectivity index (χ1n) is 10.4. The van der Waals surface area contributed by atoms with Crippen LogP contribution in [0.15, 0.2) is 48.5 Å². The maximum absolute atomic E-state index is 13.1. The first-order chi connectivity index (χ1) is 15.1. The summed E-state index contributed by atoms with van der Waals surface area (Å²) in [6.45, 7) is 2.67. The molecule has 4 rings (SSSR count). The number of amides is 2. The Morgan fingerprint density at radius 1 is 1.16 bits per heavy atom. The van der Waals surface area contributed by atoms with Gasteiger partial charge in [0.05, 0.1) is 17.3 Å². The second-order valence-electron chi connectivity index (χ2n) is 8.32. The SMILES string of the molecule is C[C@@H]1NC2(CCN(C(=O)c3ccc(Cl)cc3)CC2)N(Cc2cccc(C(F)(F)F)c2)C1=O. The zero-order valence-electron chi connectivity index (χ0n) is 17.5. The monoisotopic (exact) mass is 465 g/mol. The first kappa shape index (κ1) is 22.6. The topological polar surface area (TPSA) is 52.7 Å². The van der Waals surface area contributed by atoms with Gasteiger partial charge >= 0.3 is 6.18 Å². The highest BCUT2D eigenvalue weighted by Gasteiger charge is 2.50. The number of nitrogens with zero attached hydrogens (tertiary/aromatic N) is 2. The number of hydrogen-bond acceptors (Lipinski definition) is 3. The highest BCUT2D eigenvalue weighted by atomic mass is 35.5. The number of likely N-dealkylation sites (tertiary alicyclic amines) is 1. The molecule has 2 heterocycles. The maximum Gasteiger partial charge on any atom is 0.416 e. The summed E-state index contributed by atoms with van der Waals surface area (Å²) in [4.78, 5) is 29.1. The smallest absolute Gasteiger partial charge is 0.338 e. The van der Waals surface area contributed by atoms with Crippen LogP contribution in [0.25, 0.3) is 0 Å². The fourth-order valence-corrected chi connectivity index (χ4v) is 4.64. The second kappa shape index (κ2) is 8.41. The van der Waals surface area contributed by atoms with Crippen molar-refractivity contribution in [1.82, 2.24) is 15.1 Å². The van der Waals surface area contributed by atoms with Crippen LogP contribution in [0.1, 0.15) is 41.3 Å². The van der Waals surface area contributed by atoms with E-state index in [1.165, 1.54) is 6.07 Å². The third-order valence-corrected chi connectivity index (χ3v) is 6.45. The minimum Gasteiger partial charge on any atom is -0.338 e. The Balaban J connectivity index is 1.50. The molecule has 0 unspecified atom stereocenters. The second-order valence-corrected chi connectivity index (χ2v) is 8.76. The lowest BCUT2D eigenvalue weighted by molar-refractivity contribution is -0.137. The van der Waals surface area contributed by atoms with Gasteiger partial charge in [0.15, 0.2) is 0 Å². The standard InChI is InChI=1S/C23H23ClF3N3O2/c1-15-20(31)30(14-16-3-2-4-18(13-16)23(25,26)27)22(28-15)9-11-29(12-10-22)21(32)17-5-7-19(24)8-6-17/h2-8,13,15,28H,9-12,14H2,1H3/t15-/m0/s1. The van der Waals surface area contributed by atoms with Crippen LogP contribution in [0, 0.1) is 0 Å². The molecule has 32 heavy (non-hydrogen) atoms. The number of rotatable bonds is 3. The van der Waals surface area contributed by atoms with Crippen LogP contribution < -0.4 is 5.32 Å². The molecule has 2 aromatic rings. The molecule has 9 heteroatoms. The van der Waals surface area contributed by atoms with Gasteiger partial charge in [-0.05, 0) is 48.9 Å². The van der Waals surface area contributed by atoms with Gasteiger partial charge in [-0.3, -0.25) is 14.9 Å². The molecule has 2 amide bonds. The van der Waals surface area contributed by atoms with Gasteiger partial charge in [0, 0.05) is 43.1 Å². The third kappa shape index (κ3) is 4.34. The number of benzene rings is 2. The van der Waals surface area contributed by atoms with Gasteiger partial charge in [0.1, 0.15) is 0 Å². The molecule has 1 N–H and O–H groups in total. The molecule has 0 aromatic heterocycles. The Bertz CT molecular complexity index is 1020. The van der Waals surface area contributed by atoms with Gasteiger partial charge in [-0.25, -0.2) is 0 Å². The van der Waals surface area contributed by atoms with Crippen molar-refractivity contribution in [2.45, 2.75) is 44.2 Å². The average Bonchev–Trinajstić information content (AvgIpc) is 2.98. The van der Waals surface area contributed by atoms with Crippen LogP contribution in [0.5, 0.6) is 0 Å². The van der Waals surface area contributed by atoms with Gasteiger partial charge in [-0.2, -0.15) is 13.2 Å². The summed E-state index contributed by atoms with van der Waals surface area (Å²) in [5, 5.41) is 3.89. The fourth-order valence-electron chi connectivity index (χ4n) is 4.51. The van der Waals surface area contributed by atoms with Crippen molar-refractivity contribution in [3.63, 3.8) is 0 Å². The van der Waals surface area contributed by atoms with Gasteiger partial charge in [0.2, 0.25) is 5.91 Å². The molecule has 0 radical (unpaired) electrons. The number of nitrogens with one attached hydrogen (secondary N) is 1. The highest BCUT2D eigenvalue weighted by molar-refractivity contribution is 6.30. The summed E-state index contributed by atoms with van der Waals surface area (Å²) >= 11 is 5.90. The molecule has 2 aliphatic heterocycles. The van der Waals surface area contributed by atoms with Gasteiger partial charge in [0.25, 0.3) is 5.91 Å². The van der Waals surface area contributed by atoms with E-state index in [1.807, 2.05) is 0 Å². The van der Waals surface area contributed by atoms with Gasteiger partial charge in [-0.1, -0.05) is 23.7 Å². The summed E-state index contributed by atoms with van der Waals surface area (Å²) in [6, 6.07) is 11.3. The molecule has 2 saturated heterocycles. The Hall–Kier alpha value is -2.58. The Morgan fingerprint density at radius 3 is 2.44 bits per heavy atom. The molecule has 1 spiro atoms. The number of piperidine rings is 1. The normalized spacial score (nSPS) is 20.8. The molecule has 170 valence electrons. The summed E-state index contributed by atoms with van der Waals surface area (Å²) in [5.41, 5.74) is -0.472. The Kier molecular flexibility index (Phi) is 5.94. The molecule has 2 fully saturated rings. The Labute approximate surface area is 189 Å². The molecule has 0 bridgehead atoms.